The molecule has 10 heteroatoms. The number of aromatic nitrogens is 1. The van der Waals surface area contributed by atoms with Crippen LogP contribution in [0, 0.1) is 11.3 Å². The summed E-state index contributed by atoms with van der Waals surface area (Å²) in [7, 11) is -9.92. The molecule has 0 aliphatic carbocycles. The quantitative estimate of drug-likeness (QED) is 0.543. The SMILES string of the molecule is N#Cc1cc[n+](S(=O)(=O)NS(=O)(=O)F)cc1. The molecule has 0 fully saturated rings. The van der Waals surface area contributed by atoms with Gasteiger partial charge in [-0.2, -0.15) is 13.7 Å². The molecule has 16 heavy (non-hydrogen) atoms. The second-order valence-electron chi connectivity index (χ2n) is 2.55. The topological polar surface area (TPSA) is 108 Å². The highest BCUT2D eigenvalue weighted by molar-refractivity contribution is 7.99. The van der Waals surface area contributed by atoms with E-state index < -0.39 is 20.6 Å². The molecule has 0 aliphatic heterocycles. The fraction of sp³-hybridized carbons (Fsp3) is 0. The number of nitriles is 1. The summed E-state index contributed by atoms with van der Waals surface area (Å²) < 4.78 is 56.0. The molecule has 0 atom stereocenters. The number of halogens is 1. The molecule has 1 N–H and O–H groups in total. The van der Waals surface area contributed by atoms with Crippen LogP contribution in [0.5, 0.6) is 0 Å². The van der Waals surface area contributed by atoms with E-state index in [0.29, 0.717) is 3.97 Å². The van der Waals surface area contributed by atoms with Gasteiger partial charge in [0.25, 0.3) is 0 Å². The third-order valence-electron chi connectivity index (χ3n) is 1.41. The zero-order valence-electron chi connectivity index (χ0n) is 7.53. The third kappa shape index (κ3) is 3.23. The summed E-state index contributed by atoms with van der Waals surface area (Å²) in [5.74, 6) is 0. The van der Waals surface area contributed by atoms with Crippen molar-refractivity contribution in [3.05, 3.63) is 30.1 Å². The van der Waals surface area contributed by atoms with E-state index >= 15 is 0 Å². The summed E-state index contributed by atoms with van der Waals surface area (Å²) in [4.78, 5) is 0. The van der Waals surface area contributed by atoms with Gasteiger partial charge in [-0.05, 0) is 4.13 Å². The van der Waals surface area contributed by atoms with Crippen LogP contribution < -0.4 is 8.10 Å². The average Bonchev–Trinajstić information content (AvgIpc) is 2.14. The Hall–Kier alpha value is -1.57. The number of nitrogens with zero attached hydrogens (tertiary/aromatic N) is 2. The van der Waals surface area contributed by atoms with Gasteiger partial charge < -0.3 is 0 Å². The summed E-state index contributed by atoms with van der Waals surface area (Å²) in [6.45, 7) is 0. The van der Waals surface area contributed by atoms with Crippen molar-refractivity contribution in [1.82, 2.24) is 4.13 Å². The summed E-state index contributed by atoms with van der Waals surface area (Å²) >= 11 is 0. The number of nitrogens with one attached hydrogen (secondary N) is 1. The van der Waals surface area contributed by atoms with E-state index in [1.807, 2.05) is 0 Å². The van der Waals surface area contributed by atoms with Crippen LogP contribution in [0.25, 0.3) is 0 Å². The number of hydrogen-bond acceptors (Lipinski definition) is 5. The van der Waals surface area contributed by atoms with E-state index in [2.05, 4.69) is 0 Å². The molecular weight excluding hydrogens is 261 g/mol. The van der Waals surface area contributed by atoms with Gasteiger partial charge in [-0.15, -0.1) is 8.42 Å². The molecular formula is C6H5FN3O4S2+. The molecule has 1 heterocycles. The lowest BCUT2D eigenvalue weighted by atomic mass is 10.3. The maximum absolute atomic E-state index is 12.1. The zero-order chi connectivity index (χ0) is 12.4. The van der Waals surface area contributed by atoms with Gasteiger partial charge in [-0.3, -0.25) is 0 Å². The smallest absolute Gasteiger partial charge is 0.192 e. The Labute approximate surface area is 91.3 Å². The zero-order valence-corrected chi connectivity index (χ0v) is 9.16. The van der Waals surface area contributed by atoms with Gasteiger partial charge >= 0.3 is 20.6 Å². The number of rotatable bonds is 3. The minimum atomic E-state index is -5.37. The van der Waals surface area contributed by atoms with Crippen LogP contribution in [-0.4, -0.2) is 16.8 Å². The van der Waals surface area contributed by atoms with Crippen molar-refractivity contribution in [2.75, 3.05) is 0 Å². The van der Waals surface area contributed by atoms with Gasteiger partial charge in [0.15, 0.2) is 12.4 Å². The molecule has 0 aliphatic rings. The summed E-state index contributed by atoms with van der Waals surface area (Å²) in [6, 6.07) is 3.99. The maximum Gasteiger partial charge on any atom is 0.460 e. The van der Waals surface area contributed by atoms with Crippen LogP contribution >= 0.6 is 0 Å². The number of pyridine rings is 1. The van der Waals surface area contributed by atoms with Gasteiger partial charge in [0, 0.05) is 12.1 Å². The van der Waals surface area contributed by atoms with Gasteiger partial charge in [0.1, 0.15) is 0 Å². The molecule has 1 rings (SSSR count). The molecule has 0 bridgehead atoms. The van der Waals surface area contributed by atoms with Crippen LogP contribution in [0.4, 0.5) is 3.89 Å². The predicted octanol–water partition coefficient (Wildman–Crippen LogP) is -1.26. The molecule has 0 saturated heterocycles. The lowest BCUT2D eigenvalue weighted by Crippen LogP contribution is -2.51. The first-order valence-corrected chi connectivity index (χ1v) is 6.47. The Morgan fingerprint density at radius 2 is 1.75 bits per heavy atom. The molecule has 1 aromatic rings. The normalized spacial score (nSPS) is 12.0. The molecule has 1 aromatic heterocycles. The largest absolute Gasteiger partial charge is 0.460 e. The van der Waals surface area contributed by atoms with Crippen molar-refractivity contribution in [2.45, 2.75) is 0 Å². The van der Waals surface area contributed by atoms with Crippen LogP contribution in [0.15, 0.2) is 24.5 Å². The molecule has 0 amide bonds. The van der Waals surface area contributed by atoms with Crippen molar-refractivity contribution in [3.63, 3.8) is 0 Å². The van der Waals surface area contributed by atoms with Gasteiger partial charge in [-0.1, -0.05) is 7.86 Å². The highest BCUT2D eigenvalue weighted by Crippen LogP contribution is 1.93. The molecule has 0 aromatic carbocycles. The monoisotopic (exact) mass is 266 g/mol. The van der Waals surface area contributed by atoms with E-state index in [0.717, 1.165) is 28.7 Å². The minimum absolute atomic E-state index is 0.176. The van der Waals surface area contributed by atoms with Gasteiger partial charge in [0.05, 0.1) is 11.6 Å². The maximum atomic E-state index is 12.1. The van der Waals surface area contributed by atoms with E-state index in [1.54, 1.807) is 6.07 Å². The van der Waals surface area contributed by atoms with Crippen LogP contribution in [0.3, 0.4) is 0 Å². The Morgan fingerprint density at radius 3 is 2.12 bits per heavy atom. The van der Waals surface area contributed by atoms with Crippen molar-refractivity contribution in [2.24, 2.45) is 0 Å². The fourth-order valence-electron chi connectivity index (χ4n) is 0.816. The Balaban J connectivity index is 3.15. The van der Waals surface area contributed by atoms with Crippen LogP contribution in [0.1, 0.15) is 5.56 Å². The second-order valence-corrected chi connectivity index (χ2v) is 5.47. The minimum Gasteiger partial charge on any atom is -0.192 e. The molecule has 0 radical (unpaired) electrons. The average molecular weight is 266 g/mol. The van der Waals surface area contributed by atoms with E-state index in [-0.39, 0.29) is 5.56 Å². The van der Waals surface area contributed by atoms with Gasteiger partial charge in [0.2, 0.25) is 0 Å². The van der Waals surface area contributed by atoms with Crippen molar-refractivity contribution in [3.8, 4) is 6.07 Å². The van der Waals surface area contributed by atoms with Crippen molar-refractivity contribution in [1.29, 1.82) is 5.26 Å². The third-order valence-corrected chi connectivity index (χ3v) is 3.85. The number of hydrogen-bond donors (Lipinski definition) is 1. The fourth-order valence-corrected chi connectivity index (χ4v) is 2.61. The molecule has 7 nitrogen and oxygen atoms in total. The lowest BCUT2D eigenvalue weighted by Gasteiger charge is -1.96. The first kappa shape index (κ1) is 12.5. The first-order valence-electron chi connectivity index (χ1n) is 3.65. The van der Waals surface area contributed by atoms with Crippen LogP contribution in [-0.2, 0) is 20.6 Å². The van der Waals surface area contributed by atoms with E-state index in [1.165, 1.54) is 0 Å². The summed E-state index contributed by atoms with van der Waals surface area (Å²) in [6.07, 6.45) is 1.82. The molecule has 0 spiro atoms. The van der Waals surface area contributed by atoms with E-state index in [4.69, 9.17) is 5.26 Å². The van der Waals surface area contributed by atoms with E-state index in [9.17, 15) is 20.7 Å². The Bertz CT molecular complexity index is 629. The summed E-state index contributed by atoms with van der Waals surface area (Å²) in [5, 5.41) is 8.44. The Morgan fingerprint density at radius 1 is 1.25 bits per heavy atom. The highest BCUT2D eigenvalue weighted by atomic mass is 32.3. The van der Waals surface area contributed by atoms with Crippen LogP contribution in [0.2, 0.25) is 0 Å². The summed E-state index contributed by atoms with van der Waals surface area (Å²) in [5.41, 5.74) is 0.176. The predicted molar refractivity (Wildman–Crippen MR) is 48.8 cm³/mol. The second kappa shape index (κ2) is 4.12. The molecule has 0 unspecified atom stereocenters. The standard InChI is InChI=1S/C6H5FN3O4S2/c7-15(11,12)9-16(13,14)10-3-1-6(5-8)2-4-10/h1-4,9H/q+1. The molecule has 0 saturated carbocycles. The lowest BCUT2D eigenvalue weighted by molar-refractivity contribution is -0.512. The molecule has 86 valence electrons. The Kier molecular flexibility index (Phi) is 3.22. The first-order chi connectivity index (χ1) is 7.24. The highest BCUT2D eigenvalue weighted by Gasteiger charge is 2.28. The van der Waals surface area contributed by atoms with Crippen molar-refractivity contribution < 1.29 is 24.7 Å². The van der Waals surface area contributed by atoms with Gasteiger partial charge in [-0.25, -0.2) is 0 Å². The van der Waals surface area contributed by atoms with Crippen molar-refractivity contribution >= 4 is 20.6 Å².